The molecule has 0 fully saturated rings. The molecule has 0 unspecified atom stereocenters. The van der Waals surface area contributed by atoms with Crippen molar-refractivity contribution in [3.63, 3.8) is 0 Å². The monoisotopic (exact) mass is 443 g/mol. The van der Waals surface area contributed by atoms with E-state index in [0.29, 0.717) is 0 Å². The van der Waals surface area contributed by atoms with Crippen molar-refractivity contribution in [3.8, 4) is 0 Å². The summed E-state index contributed by atoms with van der Waals surface area (Å²) < 4.78 is 7.65. The van der Waals surface area contributed by atoms with Crippen LogP contribution in [0, 0.1) is 28.6 Å². The number of aliphatic hydroxyl groups excluding tert-OH is 2. The van der Waals surface area contributed by atoms with Crippen molar-refractivity contribution in [2.75, 3.05) is 14.2 Å². The maximum Gasteiger partial charge on any atom is 2.00 e. The number of halogens is 1. The van der Waals surface area contributed by atoms with Gasteiger partial charge in [-0.15, -0.1) is 0 Å². The van der Waals surface area contributed by atoms with E-state index in [4.69, 9.17) is 15.9 Å². The minimum atomic E-state index is -0.995. The number of ether oxygens (including phenoxy) is 2. The van der Waals surface area contributed by atoms with Gasteiger partial charge in [-0.2, -0.15) is 6.92 Å². The molecule has 0 bridgehead atoms. The van der Waals surface area contributed by atoms with Gasteiger partial charge in [0.2, 0.25) is 6.09 Å². The zero-order valence-corrected chi connectivity index (χ0v) is 17.4. The van der Waals surface area contributed by atoms with Crippen LogP contribution < -0.4 is 0 Å². The Morgan fingerprint density at radius 3 is 1.05 bits per heavy atom. The third-order valence-corrected chi connectivity index (χ3v) is 0.500. The third-order valence-electron chi connectivity index (χ3n) is 0.346. The molecule has 127 valence electrons. The fourth-order valence-corrected chi connectivity index (χ4v) is 0. The van der Waals surface area contributed by atoms with Crippen molar-refractivity contribution in [2.24, 2.45) is 0 Å². The minimum absolute atomic E-state index is 0. The van der Waals surface area contributed by atoms with Gasteiger partial charge in [-0.3, -0.25) is 4.79 Å². The number of nitrogens with two attached hydrogens (primary N) is 1. The average molecular weight is 444 g/mol. The molecule has 1 amide bonds. The number of hydrogen-bond acceptors (Lipinski definition) is 6. The molecule has 0 atom stereocenters. The summed E-state index contributed by atoms with van der Waals surface area (Å²) >= 11 is 4.60. The summed E-state index contributed by atoms with van der Waals surface area (Å²) in [6, 6.07) is 0. The first-order valence-corrected chi connectivity index (χ1v) is 3.79. The molecule has 3 radical (unpaired) electrons. The molecule has 0 aromatic rings. The SMILES string of the molecule is COC(=O)Cl.COC([NH-])=O.[CH2-]C.[CH2-]O.[CH2-]O.[CH3-].[NH2-].[V+2].[V+2].[V+2]. The molecule has 0 saturated heterocycles. The number of carbonyl (C=O) groups is 2. The molecule has 0 spiro atoms. The molecule has 0 aromatic carbocycles. The molecule has 0 aliphatic heterocycles. The van der Waals surface area contributed by atoms with Gasteiger partial charge in [-0.25, -0.2) is 19.0 Å². The Bertz CT molecular complexity index is 126. The summed E-state index contributed by atoms with van der Waals surface area (Å²) in [7, 11) is 6.88. The molecule has 0 aromatic heterocycles. The first kappa shape index (κ1) is 68.0. The molecular weight excluding hydrogens is 420 g/mol. The fourth-order valence-electron chi connectivity index (χ4n) is 0. The van der Waals surface area contributed by atoms with Gasteiger partial charge in [0.05, 0.1) is 14.2 Å². The topological polar surface area (TPSA) is 150 Å². The van der Waals surface area contributed by atoms with Gasteiger partial charge in [0.25, 0.3) is 0 Å². The molecule has 0 saturated carbocycles. The van der Waals surface area contributed by atoms with E-state index in [1.54, 1.807) is 6.92 Å². The van der Waals surface area contributed by atoms with Crippen molar-refractivity contribution in [3.05, 3.63) is 40.5 Å². The third kappa shape index (κ3) is 331. The van der Waals surface area contributed by atoms with Crippen LogP contribution in [0.25, 0.3) is 11.9 Å². The van der Waals surface area contributed by atoms with Gasteiger partial charge in [0, 0.05) is 11.6 Å². The molecule has 0 aliphatic rings. The summed E-state index contributed by atoms with van der Waals surface area (Å²) in [6.45, 7) is 5.00. The van der Waals surface area contributed by atoms with Crippen molar-refractivity contribution < 1.29 is 84.9 Å². The first-order chi connectivity index (χ1) is 7.54. The van der Waals surface area contributed by atoms with Crippen LogP contribution in [0.2, 0.25) is 0 Å². The Morgan fingerprint density at radius 1 is 0.952 bits per heavy atom. The zero-order valence-electron chi connectivity index (χ0n) is 12.4. The molecule has 21 heavy (non-hydrogen) atoms. The van der Waals surface area contributed by atoms with Gasteiger partial charge >= 0.3 is 61.1 Å². The molecule has 12 heteroatoms. The Hall–Kier alpha value is 0.663. The first-order valence-electron chi connectivity index (χ1n) is 3.41. The van der Waals surface area contributed by atoms with Crippen molar-refractivity contribution in [1.29, 1.82) is 0 Å². The normalized spacial score (nSPS) is 4.05. The van der Waals surface area contributed by atoms with Crippen molar-refractivity contribution >= 4 is 23.1 Å². The number of hydrogen-bond donors (Lipinski definition) is 2. The Morgan fingerprint density at radius 2 is 1.05 bits per heavy atom. The van der Waals surface area contributed by atoms with E-state index >= 15 is 0 Å². The molecule has 5 N–H and O–H groups in total. The number of carbonyl (C=O) groups excluding carboxylic acids is 2. The summed E-state index contributed by atoms with van der Waals surface area (Å²) in [4.78, 5) is 18.6. The van der Waals surface area contributed by atoms with Crippen LogP contribution in [0.5, 0.6) is 0 Å². The summed E-state index contributed by atoms with van der Waals surface area (Å²) in [5.41, 5.74) is 5.19. The van der Waals surface area contributed by atoms with Crippen molar-refractivity contribution in [1.82, 2.24) is 0 Å². The largest absolute Gasteiger partial charge is 2.00 e. The quantitative estimate of drug-likeness (QED) is 0.425. The van der Waals surface area contributed by atoms with Gasteiger partial charge < -0.3 is 45.9 Å². The molecule has 0 rings (SSSR count). The van der Waals surface area contributed by atoms with Gasteiger partial charge in [0.15, 0.2) is 0 Å². The molecule has 0 aliphatic carbocycles. The number of amides is 1. The smallest absolute Gasteiger partial charge is 0.693 e. The maximum atomic E-state index is 9.36. The van der Waals surface area contributed by atoms with Crippen LogP contribution in [0.15, 0.2) is 0 Å². The second kappa shape index (κ2) is 106. The van der Waals surface area contributed by atoms with Gasteiger partial charge in [0.1, 0.15) is 0 Å². The predicted molar refractivity (Wildman–Crippen MR) is 72.3 cm³/mol. The average Bonchev–Trinajstić information content (AvgIpc) is 2.37. The van der Waals surface area contributed by atoms with Crippen LogP contribution >= 0.6 is 11.6 Å². The van der Waals surface area contributed by atoms with Crippen LogP contribution in [0.1, 0.15) is 6.92 Å². The number of methoxy groups -OCH3 is 2. The van der Waals surface area contributed by atoms with Crippen LogP contribution in [-0.4, -0.2) is 36.0 Å². The van der Waals surface area contributed by atoms with Gasteiger partial charge in [-0.05, 0) is 0 Å². The van der Waals surface area contributed by atoms with E-state index in [2.05, 4.69) is 42.2 Å². The Kier molecular flexibility index (Phi) is 345. The summed E-state index contributed by atoms with van der Waals surface area (Å²) in [5, 5.41) is 13.5. The second-order valence-corrected chi connectivity index (χ2v) is 1.24. The van der Waals surface area contributed by atoms with Crippen LogP contribution in [0.3, 0.4) is 0 Å². The maximum absolute atomic E-state index is 9.36. The van der Waals surface area contributed by atoms with Crippen molar-refractivity contribution in [2.45, 2.75) is 6.92 Å². The summed E-state index contributed by atoms with van der Waals surface area (Å²) in [6.07, 6.45) is -0.995. The minimum Gasteiger partial charge on any atom is -0.693 e. The predicted octanol–water partition coefficient (Wildman–Crippen LogP) is 4.10. The second-order valence-electron chi connectivity index (χ2n) is 0.933. The fraction of sp³-hybridized carbons (Fsp3) is 0.333. The number of nitrogens with one attached hydrogen (secondary N) is 1. The van der Waals surface area contributed by atoms with E-state index in [-0.39, 0.29) is 69.2 Å². The van der Waals surface area contributed by atoms with Crippen LogP contribution in [-0.2, 0) is 65.1 Å². The van der Waals surface area contributed by atoms with E-state index in [0.717, 1.165) is 7.11 Å². The molecule has 0 heterocycles. The van der Waals surface area contributed by atoms with E-state index < -0.39 is 11.5 Å². The van der Waals surface area contributed by atoms with E-state index in [1.807, 2.05) is 0 Å². The number of aliphatic hydroxyl groups is 2. The molecule has 8 nitrogen and oxygen atoms in total. The zero-order chi connectivity index (χ0) is 14.6. The van der Waals surface area contributed by atoms with E-state index in [1.165, 1.54) is 7.11 Å². The van der Waals surface area contributed by atoms with E-state index in [9.17, 15) is 9.59 Å². The summed E-state index contributed by atoms with van der Waals surface area (Å²) in [5.74, 6) is 0. The van der Waals surface area contributed by atoms with Gasteiger partial charge in [-0.1, -0.05) is 0 Å². The Labute approximate surface area is 169 Å². The number of rotatable bonds is 0. The standard InChI is InChI=1S/C2H3ClO2.C2H5NO2.C2H5.2CH3O.CH3.H2N.3V/c2*1-5-2(3)4;3*1-2;;;;;/h1H3;1H3,(H2,3,4);1H2,2H3;2*2H,1H2;1H3;1H2;;;/q;;5*-1;3*+2/p-1. The van der Waals surface area contributed by atoms with Crippen LogP contribution in [0.4, 0.5) is 9.59 Å². The Balaban J connectivity index is -0.00000000905. The molecular formula is C9H23ClN2O6V3.